The molecule has 0 bridgehead atoms. The molecule has 2 heterocycles. The van der Waals surface area contributed by atoms with Gasteiger partial charge in [0.1, 0.15) is 5.56 Å². The number of aromatic amines is 1. The Morgan fingerprint density at radius 1 is 1.03 bits per heavy atom. The zero-order chi connectivity index (χ0) is 20.5. The molecule has 4 rings (SSSR count). The van der Waals surface area contributed by atoms with E-state index in [1.54, 1.807) is 34.1 Å². The average molecular weight is 417 g/mol. The van der Waals surface area contributed by atoms with Crippen LogP contribution in [0.25, 0.3) is 0 Å². The number of benzene rings is 1. The smallest absolute Gasteiger partial charge is 0.328 e. The van der Waals surface area contributed by atoms with Gasteiger partial charge in [0, 0.05) is 43.3 Å². The van der Waals surface area contributed by atoms with Crippen LogP contribution in [0.5, 0.6) is 0 Å². The molecule has 0 spiro atoms. The summed E-state index contributed by atoms with van der Waals surface area (Å²) in [6.45, 7) is 1.61. The molecule has 9 heteroatoms. The van der Waals surface area contributed by atoms with Crippen LogP contribution in [0.2, 0.25) is 5.02 Å². The molecule has 8 nitrogen and oxygen atoms in total. The van der Waals surface area contributed by atoms with Crippen LogP contribution in [0.3, 0.4) is 0 Å². The third kappa shape index (κ3) is 3.98. The number of piperazine rings is 1. The van der Waals surface area contributed by atoms with E-state index in [0.717, 1.165) is 23.6 Å². The standard InChI is InChI=1S/C20H21ClN4O4/c21-16-4-2-1-3-14(16)12-25-19(28)15(11-22-20(25)29)18(27)24-9-7-23(8-10-24)17(26)13-5-6-13/h1-4,11,13H,5-10,12H2,(H,22,29). The van der Waals surface area contributed by atoms with Crippen LogP contribution in [0.1, 0.15) is 28.8 Å². The summed E-state index contributed by atoms with van der Waals surface area (Å²) < 4.78 is 0.974. The highest BCUT2D eigenvalue weighted by Gasteiger charge is 2.35. The zero-order valence-corrected chi connectivity index (χ0v) is 16.5. The fourth-order valence-corrected chi connectivity index (χ4v) is 3.69. The van der Waals surface area contributed by atoms with Gasteiger partial charge in [-0.2, -0.15) is 0 Å². The van der Waals surface area contributed by atoms with Crippen molar-refractivity contribution in [1.29, 1.82) is 0 Å². The van der Waals surface area contributed by atoms with Gasteiger partial charge in [0.15, 0.2) is 0 Å². The minimum Gasteiger partial charge on any atom is -0.339 e. The summed E-state index contributed by atoms with van der Waals surface area (Å²) in [4.78, 5) is 55.9. The Hall–Kier alpha value is -2.87. The average Bonchev–Trinajstić information content (AvgIpc) is 3.57. The van der Waals surface area contributed by atoms with Crippen molar-refractivity contribution >= 4 is 23.4 Å². The maximum atomic E-state index is 12.9. The van der Waals surface area contributed by atoms with Crippen LogP contribution in [-0.4, -0.2) is 57.3 Å². The van der Waals surface area contributed by atoms with Gasteiger partial charge >= 0.3 is 5.69 Å². The van der Waals surface area contributed by atoms with Crippen molar-refractivity contribution in [3.05, 3.63) is 67.4 Å². The summed E-state index contributed by atoms with van der Waals surface area (Å²) in [6.07, 6.45) is 3.05. The Kier molecular flexibility index (Phi) is 5.27. The summed E-state index contributed by atoms with van der Waals surface area (Å²) in [5, 5.41) is 0.437. The summed E-state index contributed by atoms with van der Waals surface area (Å²) >= 11 is 6.13. The lowest BCUT2D eigenvalue weighted by molar-refractivity contribution is -0.134. The molecule has 2 aliphatic rings. The molecule has 2 fully saturated rings. The van der Waals surface area contributed by atoms with Crippen molar-refractivity contribution < 1.29 is 9.59 Å². The molecule has 1 aliphatic carbocycles. The van der Waals surface area contributed by atoms with Crippen LogP contribution in [0.4, 0.5) is 0 Å². The van der Waals surface area contributed by atoms with E-state index >= 15 is 0 Å². The highest BCUT2D eigenvalue weighted by Crippen LogP contribution is 2.31. The fraction of sp³-hybridized carbons (Fsp3) is 0.400. The van der Waals surface area contributed by atoms with E-state index in [4.69, 9.17) is 11.6 Å². The van der Waals surface area contributed by atoms with Crippen molar-refractivity contribution in [2.45, 2.75) is 19.4 Å². The van der Waals surface area contributed by atoms with Crippen LogP contribution in [-0.2, 0) is 11.3 Å². The zero-order valence-electron chi connectivity index (χ0n) is 15.8. The van der Waals surface area contributed by atoms with Crippen molar-refractivity contribution in [2.24, 2.45) is 5.92 Å². The van der Waals surface area contributed by atoms with E-state index in [0.29, 0.717) is 36.8 Å². The quantitative estimate of drug-likeness (QED) is 0.802. The van der Waals surface area contributed by atoms with E-state index in [2.05, 4.69) is 4.98 Å². The number of amides is 2. The van der Waals surface area contributed by atoms with Crippen molar-refractivity contribution in [3.8, 4) is 0 Å². The Labute approximate surface area is 171 Å². The molecule has 1 N–H and O–H groups in total. The van der Waals surface area contributed by atoms with Crippen LogP contribution in [0, 0.1) is 5.92 Å². The lowest BCUT2D eigenvalue weighted by Gasteiger charge is -2.34. The predicted octanol–water partition coefficient (Wildman–Crippen LogP) is 0.933. The lowest BCUT2D eigenvalue weighted by atomic mass is 10.2. The summed E-state index contributed by atoms with van der Waals surface area (Å²) in [7, 11) is 0. The molecule has 1 aliphatic heterocycles. The lowest BCUT2D eigenvalue weighted by Crippen LogP contribution is -2.52. The number of nitrogens with one attached hydrogen (secondary N) is 1. The Balaban J connectivity index is 1.52. The Morgan fingerprint density at radius 3 is 2.34 bits per heavy atom. The molecule has 0 atom stereocenters. The third-order valence-corrected chi connectivity index (χ3v) is 5.75. The molecular weight excluding hydrogens is 396 g/mol. The van der Waals surface area contributed by atoms with E-state index in [1.165, 1.54) is 0 Å². The summed E-state index contributed by atoms with van der Waals surface area (Å²) in [6, 6.07) is 6.91. The highest BCUT2D eigenvalue weighted by atomic mass is 35.5. The normalized spacial score (nSPS) is 16.7. The number of hydrogen-bond acceptors (Lipinski definition) is 4. The first-order valence-corrected chi connectivity index (χ1v) is 9.97. The second-order valence-corrected chi connectivity index (χ2v) is 7.79. The molecule has 1 saturated heterocycles. The number of hydrogen-bond donors (Lipinski definition) is 1. The summed E-state index contributed by atoms with van der Waals surface area (Å²) in [5.74, 6) is -0.144. The minimum absolute atomic E-state index is 0.0291. The maximum Gasteiger partial charge on any atom is 0.328 e. The van der Waals surface area contributed by atoms with Crippen LogP contribution >= 0.6 is 11.6 Å². The van der Waals surface area contributed by atoms with Gasteiger partial charge in [-0.1, -0.05) is 29.8 Å². The fourth-order valence-electron chi connectivity index (χ4n) is 3.49. The van der Waals surface area contributed by atoms with Crippen molar-refractivity contribution in [3.63, 3.8) is 0 Å². The van der Waals surface area contributed by atoms with Gasteiger partial charge in [-0.25, -0.2) is 4.79 Å². The van der Waals surface area contributed by atoms with Crippen LogP contribution < -0.4 is 11.2 Å². The number of aromatic nitrogens is 2. The molecule has 0 unspecified atom stereocenters. The Morgan fingerprint density at radius 2 is 1.69 bits per heavy atom. The number of nitrogens with zero attached hydrogens (tertiary/aromatic N) is 3. The Bertz CT molecular complexity index is 1060. The number of halogens is 1. The molecule has 29 heavy (non-hydrogen) atoms. The molecular formula is C20H21ClN4O4. The van der Waals surface area contributed by atoms with E-state index in [9.17, 15) is 19.2 Å². The van der Waals surface area contributed by atoms with Gasteiger partial charge in [0.05, 0.1) is 6.54 Å². The van der Waals surface area contributed by atoms with Crippen LogP contribution in [0.15, 0.2) is 40.1 Å². The largest absolute Gasteiger partial charge is 0.339 e. The summed E-state index contributed by atoms with van der Waals surface area (Å²) in [5.41, 5.74) is -0.751. The molecule has 0 radical (unpaired) electrons. The third-order valence-electron chi connectivity index (χ3n) is 5.38. The van der Waals surface area contributed by atoms with E-state index in [1.807, 2.05) is 0 Å². The van der Waals surface area contributed by atoms with Gasteiger partial charge in [-0.05, 0) is 24.5 Å². The second kappa shape index (κ2) is 7.87. The van der Waals surface area contributed by atoms with Gasteiger partial charge < -0.3 is 14.8 Å². The minimum atomic E-state index is -0.657. The van der Waals surface area contributed by atoms with Gasteiger partial charge in [-0.3, -0.25) is 19.0 Å². The number of carbonyl (C=O) groups is 2. The van der Waals surface area contributed by atoms with Gasteiger partial charge in [-0.15, -0.1) is 0 Å². The molecule has 152 valence electrons. The van der Waals surface area contributed by atoms with E-state index in [-0.39, 0.29) is 23.9 Å². The molecule has 1 aromatic heterocycles. The first-order chi connectivity index (χ1) is 14.0. The first kappa shape index (κ1) is 19.4. The van der Waals surface area contributed by atoms with Crippen molar-refractivity contribution in [2.75, 3.05) is 26.2 Å². The van der Waals surface area contributed by atoms with Gasteiger partial charge in [0.25, 0.3) is 11.5 Å². The first-order valence-electron chi connectivity index (χ1n) is 9.59. The topological polar surface area (TPSA) is 95.5 Å². The van der Waals surface area contributed by atoms with E-state index < -0.39 is 17.2 Å². The number of rotatable bonds is 4. The van der Waals surface area contributed by atoms with Crippen molar-refractivity contribution in [1.82, 2.24) is 19.4 Å². The molecule has 2 amide bonds. The van der Waals surface area contributed by atoms with Gasteiger partial charge in [0.2, 0.25) is 5.91 Å². The second-order valence-electron chi connectivity index (χ2n) is 7.38. The molecule has 2 aromatic rings. The SMILES string of the molecule is O=C(c1c[nH]c(=O)n(Cc2ccccc2Cl)c1=O)N1CCN(C(=O)C2CC2)CC1. The number of carbonyl (C=O) groups excluding carboxylic acids is 2. The monoisotopic (exact) mass is 416 g/mol. The highest BCUT2D eigenvalue weighted by molar-refractivity contribution is 6.31. The molecule has 1 saturated carbocycles. The predicted molar refractivity (Wildman–Crippen MR) is 107 cm³/mol. The maximum absolute atomic E-state index is 12.9. The number of H-pyrrole nitrogens is 1. The molecule has 1 aromatic carbocycles.